The summed E-state index contributed by atoms with van der Waals surface area (Å²) < 4.78 is 27.8. The first-order valence-corrected chi connectivity index (χ1v) is 10.5. The van der Waals surface area contributed by atoms with Crippen LogP contribution in [0.3, 0.4) is 0 Å². The zero-order valence-corrected chi connectivity index (χ0v) is 21.6. The Bertz CT molecular complexity index is 1290. The third-order valence-electron chi connectivity index (χ3n) is 5.81. The molecule has 1 aliphatic rings. The maximum absolute atomic E-state index is 13.2. The van der Waals surface area contributed by atoms with Gasteiger partial charge in [0.05, 0.1) is 34.1 Å². The molecule has 0 saturated heterocycles. The Labute approximate surface area is 216 Å². The number of fused-ring (bicyclic) bond motifs is 2. The molecule has 1 aliphatic carbocycles. The molecule has 0 atom stereocenters. The number of rotatable bonds is 6. The molecule has 0 unspecified atom stereocenters. The van der Waals surface area contributed by atoms with E-state index in [-0.39, 0.29) is 64.8 Å². The van der Waals surface area contributed by atoms with E-state index in [9.17, 15) is 23.5 Å². The summed E-state index contributed by atoms with van der Waals surface area (Å²) in [5.74, 6) is -3.67. The first-order chi connectivity index (χ1) is 15.0. The van der Waals surface area contributed by atoms with Crippen molar-refractivity contribution in [2.45, 2.75) is 25.3 Å². The molecular formula is C22H22ClF2N4NaO3. The van der Waals surface area contributed by atoms with Crippen LogP contribution in [0.5, 0.6) is 0 Å². The third-order valence-corrected chi connectivity index (χ3v) is 6.11. The summed E-state index contributed by atoms with van der Waals surface area (Å²) in [5.41, 5.74) is 0.696. The van der Waals surface area contributed by atoms with Gasteiger partial charge in [0.15, 0.2) is 5.43 Å². The molecule has 1 fully saturated rings. The summed E-state index contributed by atoms with van der Waals surface area (Å²) in [6.07, 6.45) is -0.342. The number of aliphatic carboxylic acids is 1. The Morgan fingerprint density at radius 3 is 2.42 bits per heavy atom. The standard InChI is InChI=1S/C22H23ClF2N4O3.Na/c1-27(2)19-15(23)6-4-13-18(19)29(11-17(30)31)21-14(20(13)32)5-7-16(26-21)28(3)10-12-8-22(24,25)9-12;/h4-7,12H,8-11H2,1-3H3,(H,30,31);/q;+1/p-1. The van der Waals surface area contributed by atoms with Crippen LogP contribution in [-0.2, 0) is 11.3 Å². The van der Waals surface area contributed by atoms with Crippen molar-refractivity contribution in [2.75, 3.05) is 37.5 Å². The van der Waals surface area contributed by atoms with Crippen LogP contribution in [0.15, 0.2) is 29.1 Å². The van der Waals surface area contributed by atoms with E-state index >= 15 is 0 Å². The molecule has 0 radical (unpaired) electrons. The second-order valence-electron chi connectivity index (χ2n) is 8.53. The number of hydrogen-bond acceptors (Lipinski definition) is 6. The van der Waals surface area contributed by atoms with Crippen molar-refractivity contribution in [3.8, 4) is 0 Å². The van der Waals surface area contributed by atoms with E-state index in [1.807, 2.05) is 0 Å². The van der Waals surface area contributed by atoms with Gasteiger partial charge in [0.1, 0.15) is 11.5 Å². The number of nitrogens with zero attached hydrogens (tertiary/aromatic N) is 4. The Morgan fingerprint density at radius 2 is 1.85 bits per heavy atom. The number of alkyl halides is 2. The van der Waals surface area contributed by atoms with Gasteiger partial charge >= 0.3 is 29.6 Å². The topological polar surface area (TPSA) is 81.5 Å². The number of hydrogen-bond donors (Lipinski definition) is 0. The van der Waals surface area contributed by atoms with Crippen molar-refractivity contribution in [1.29, 1.82) is 0 Å². The number of carbonyl (C=O) groups excluding carboxylic acids is 1. The van der Waals surface area contributed by atoms with E-state index in [1.165, 1.54) is 4.57 Å². The van der Waals surface area contributed by atoms with Gasteiger partial charge in [-0.25, -0.2) is 13.8 Å². The number of aromatic nitrogens is 2. The van der Waals surface area contributed by atoms with E-state index in [0.29, 0.717) is 34.0 Å². The maximum Gasteiger partial charge on any atom is 1.00 e. The summed E-state index contributed by atoms with van der Waals surface area (Å²) in [6, 6.07) is 6.38. The Hall–Kier alpha value is -1.94. The fourth-order valence-electron chi connectivity index (χ4n) is 4.40. The minimum atomic E-state index is -2.61. The maximum atomic E-state index is 13.2. The molecule has 11 heteroatoms. The number of pyridine rings is 2. The first kappa shape index (κ1) is 25.7. The molecule has 0 bridgehead atoms. The molecule has 0 aliphatic heterocycles. The molecule has 4 rings (SSSR count). The van der Waals surface area contributed by atoms with Crippen LogP contribution in [0.4, 0.5) is 20.3 Å². The normalized spacial score (nSPS) is 15.2. The van der Waals surface area contributed by atoms with E-state index in [1.54, 1.807) is 55.2 Å². The fraction of sp³-hybridized carbons (Fsp3) is 0.409. The van der Waals surface area contributed by atoms with Gasteiger partial charge in [-0.1, -0.05) is 11.6 Å². The average Bonchev–Trinajstić information content (AvgIpc) is 2.68. The minimum absolute atomic E-state index is 0. The van der Waals surface area contributed by atoms with E-state index in [4.69, 9.17) is 11.6 Å². The van der Waals surface area contributed by atoms with Crippen LogP contribution < -0.4 is 49.9 Å². The zero-order valence-electron chi connectivity index (χ0n) is 18.9. The summed E-state index contributed by atoms with van der Waals surface area (Å²) in [5, 5.41) is 12.5. The number of carbonyl (C=O) groups is 1. The van der Waals surface area contributed by atoms with Crippen LogP contribution in [-0.4, -0.2) is 49.1 Å². The summed E-state index contributed by atoms with van der Waals surface area (Å²) in [7, 11) is 5.21. The van der Waals surface area contributed by atoms with Crippen molar-refractivity contribution < 1.29 is 48.2 Å². The molecule has 0 spiro atoms. The average molecular weight is 487 g/mol. The molecule has 0 amide bonds. The van der Waals surface area contributed by atoms with Crippen molar-refractivity contribution >= 4 is 51.0 Å². The number of halogens is 3. The van der Waals surface area contributed by atoms with Gasteiger partial charge < -0.3 is 24.3 Å². The Kier molecular flexibility index (Phi) is 7.29. The molecule has 0 N–H and O–H groups in total. The van der Waals surface area contributed by atoms with Crippen LogP contribution in [0.2, 0.25) is 5.02 Å². The molecule has 2 aromatic heterocycles. The van der Waals surface area contributed by atoms with Gasteiger partial charge in [-0.15, -0.1) is 0 Å². The van der Waals surface area contributed by atoms with Crippen molar-refractivity contribution in [3.63, 3.8) is 0 Å². The van der Waals surface area contributed by atoms with Gasteiger partial charge in [-0.2, -0.15) is 0 Å². The van der Waals surface area contributed by atoms with Gasteiger partial charge in [0.2, 0.25) is 5.92 Å². The zero-order chi connectivity index (χ0) is 23.4. The van der Waals surface area contributed by atoms with E-state index in [0.717, 1.165) is 0 Å². The second kappa shape index (κ2) is 9.37. The summed E-state index contributed by atoms with van der Waals surface area (Å²) in [6.45, 7) is -0.162. The predicted molar refractivity (Wildman–Crippen MR) is 119 cm³/mol. The van der Waals surface area contributed by atoms with E-state index in [2.05, 4.69) is 4.98 Å². The monoisotopic (exact) mass is 486 g/mol. The predicted octanol–water partition coefficient (Wildman–Crippen LogP) is -0.495. The number of benzene rings is 1. The Morgan fingerprint density at radius 1 is 1.21 bits per heavy atom. The van der Waals surface area contributed by atoms with Crippen molar-refractivity contribution in [2.24, 2.45) is 5.92 Å². The third kappa shape index (κ3) is 4.82. The molecule has 2 heterocycles. The van der Waals surface area contributed by atoms with Crippen LogP contribution in [0.25, 0.3) is 21.9 Å². The van der Waals surface area contributed by atoms with Crippen LogP contribution in [0, 0.1) is 5.92 Å². The molecule has 7 nitrogen and oxygen atoms in total. The van der Waals surface area contributed by atoms with Crippen molar-refractivity contribution in [1.82, 2.24) is 9.55 Å². The van der Waals surface area contributed by atoms with Gasteiger partial charge in [-0.3, -0.25) is 4.79 Å². The molecule has 3 aromatic rings. The smallest absolute Gasteiger partial charge is 0.548 e. The second-order valence-corrected chi connectivity index (χ2v) is 8.93. The summed E-state index contributed by atoms with van der Waals surface area (Å²) >= 11 is 6.38. The number of carboxylic acid groups (broad SMARTS) is 1. The molecule has 1 aromatic carbocycles. The molecule has 170 valence electrons. The number of anilines is 2. The van der Waals surface area contributed by atoms with Gasteiger partial charge in [0, 0.05) is 45.9 Å². The molecule has 1 saturated carbocycles. The van der Waals surface area contributed by atoms with Gasteiger partial charge in [-0.05, 0) is 30.2 Å². The quantitative estimate of drug-likeness (QED) is 0.345. The Balaban J connectivity index is 0.00000306. The van der Waals surface area contributed by atoms with Crippen LogP contribution in [0.1, 0.15) is 12.8 Å². The minimum Gasteiger partial charge on any atom is -0.548 e. The van der Waals surface area contributed by atoms with E-state index < -0.39 is 18.4 Å². The number of carboxylic acids is 1. The summed E-state index contributed by atoms with van der Waals surface area (Å²) in [4.78, 5) is 32.8. The van der Waals surface area contributed by atoms with Gasteiger partial charge in [0.25, 0.3) is 0 Å². The van der Waals surface area contributed by atoms with Crippen molar-refractivity contribution in [3.05, 3.63) is 39.5 Å². The SMILES string of the molecule is CN(C)c1c(Cl)ccc2c(=O)c3ccc(N(C)CC4CC(F)(F)C4)nc3n(CC(=O)[O-])c12.[Na+]. The largest absolute Gasteiger partial charge is 1.00 e. The fourth-order valence-corrected chi connectivity index (χ4v) is 4.72. The molecular weight excluding hydrogens is 465 g/mol. The van der Waals surface area contributed by atoms with Crippen LogP contribution >= 0.6 is 11.6 Å². The molecule has 33 heavy (non-hydrogen) atoms. The first-order valence-electron chi connectivity index (χ1n) is 10.1.